The molecule has 1 N–H and O–H groups in total. The number of nitrogens with one attached hydrogen (secondary N) is 1. The van der Waals surface area contributed by atoms with Gasteiger partial charge in [0.15, 0.2) is 5.82 Å². The number of hydrogen-bond donors (Lipinski definition) is 1. The monoisotopic (exact) mass is 378 g/mol. The zero-order valence-electron chi connectivity index (χ0n) is 13.7. The van der Waals surface area contributed by atoms with E-state index in [1.54, 1.807) is 0 Å². The van der Waals surface area contributed by atoms with Gasteiger partial charge in [-0.25, -0.2) is 9.98 Å². The van der Waals surface area contributed by atoms with Gasteiger partial charge >= 0.3 is 0 Å². The van der Waals surface area contributed by atoms with Gasteiger partial charge in [-0.1, -0.05) is 17.7 Å². The van der Waals surface area contributed by atoms with Crippen molar-refractivity contribution in [2.75, 3.05) is 19.6 Å². The minimum absolute atomic E-state index is 0. The third kappa shape index (κ3) is 2.99. The predicted octanol–water partition coefficient (Wildman–Crippen LogP) is 3.73. The Hall–Kier alpha value is -1.40. The Balaban J connectivity index is 0.00000157. The minimum Gasteiger partial charge on any atom is -0.300 e. The largest absolute Gasteiger partial charge is 0.300 e. The van der Waals surface area contributed by atoms with Crippen molar-refractivity contribution in [3.8, 4) is 0 Å². The van der Waals surface area contributed by atoms with E-state index in [4.69, 9.17) is 16.4 Å². The fourth-order valence-corrected chi connectivity index (χ4v) is 4.50. The van der Waals surface area contributed by atoms with Crippen LogP contribution in [0.15, 0.2) is 35.5 Å². The van der Waals surface area contributed by atoms with Crippen molar-refractivity contribution in [3.63, 3.8) is 0 Å². The van der Waals surface area contributed by atoms with Crippen molar-refractivity contribution in [1.82, 2.24) is 15.4 Å². The highest BCUT2D eigenvalue weighted by atomic mass is 35.5. The lowest BCUT2D eigenvalue weighted by atomic mass is 9.74. The van der Waals surface area contributed by atoms with Gasteiger partial charge in [0.25, 0.3) is 0 Å². The molecule has 0 aliphatic carbocycles. The molecule has 2 bridgehead atoms. The van der Waals surface area contributed by atoms with Gasteiger partial charge < -0.3 is 4.90 Å². The SMILES string of the molecule is Cl.Clc1ccc2cc(N=C3C[C@@]4(CN5CCC4CC5)ON3)ncc2c1. The Kier molecular flexibility index (Phi) is 4.36. The van der Waals surface area contributed by atoms with E-state index in [-0.39, 0.29) is 18.0 Å². The summed E-state index contributed by atoms with van der Waals surface area (Å²) in [4.78, 5) is 17.7. The molecule has 1 atom stereocenters. The number of fused-ring (bicyclic) bond motifs is 3. The number of benzene rings is 1. The molecule has 4 saturated heterocycles. The molecule has 132 valence electrons. The summed E-state index contributed by atoms with van der Waals surface area (Å²) in [5.74, 6) is 2.22. The molecule has 1 aromatic heterocycles. The summed E-state index contributed by atoms with van der Waals surface area (Å²) in [5, 5.41) is 2.83. The second kappa shape index (κ2) is 6.40. The number of hydrogen-bond acceptors (Lipinski definition) is 4. The number of rotatable bonds is 1. The minimum atomic E-state index is -0.0975. The molecule has 0 unspecified atom stereocenters. The molecule has 6 rings (SSSR count). The molecule has 1 aromatic carbocycles. The topological polar surface area (TPSA) is 49.8 Å². The van der Waals surface area contributed by atoms with Crippen LogP contribution >= 0.6 is 24.0 Å². The summed E-state index contributed by atoms with van der Waals surface area (Å²) >= 11 is 6.02. The fourth-order valence-electron chi connectivity index (χ4n) is 4.32. The molecule has 5 heterocycles. The van der Waals surface area contributed by atoms with Gasteiger partial charge in [0, 0.05) is 29.6 Å². The number of amidine groups is 1. The summed E-state index contributed by atoms with van der Waals surface area (Å²) in [5.41, 5.74) is 2.97. The highest BCUT2D eigenvalue weighted by molar-refractivity contribution is 6.31. The smallest absolute Gasteiger partial charge is 0.154 e. The van der Waals surface area contributed by atoms with Crippen LogP contribution in [0.3, 0.4) is 0 Å². The van der Waals surface area contributed by atoms with Crippen LogP contribution in [0.2, 0.25) is 5.02 Å². The number of aliphatic imine (C=N–C) groups is 1. The van der Waals surface area contributed by atoms with Crippen molar-refractivity contribution in [1.29, 1.82) is 0 Å². The fraction of sp³-hybridized carbons (Fsp3) is 0.444. The maximum Gasteiger partial charge on any atom is 0.154 e. The Morgan fingerprint density at radius 3 is 2.84 bits per heavy atom. The van der Waals surface area contributed by atoms with Crippen molar-refractivity contribution >= 4 is 46.4 Å². The van der Waals surface area contributed by atoms with E-state index in [0.717, 1.165) is 34.6 Å². The van der Waals surface area contributed by atoms with Crippen LogP contribution in [0.1, 0.15) is 19.3 Å². The number of pyridine rings is 1. The van der Waals surface area contributed by atoms with Crippen molar-refractivity contribution < 1.29 is 4.84 Å². The first-order valence-electron chi connectivity index (χ1n) is 8.49. The van der Waals surface area contributed by atoms with Crippen LogP contribution in [-0.4, -0.2) is 41.0 Å². The summed E-state index contributed by atoms with van der Waals surface area (Å²) in [6.45, 7) is 3.42. The number of halogens is 2. The van der Waals surface area contributed by atoms with Crippen LogP contribution in [0.25, 0.3) is 10.8 Å². The summed E-state index contributed by atoms with van der Waals surface area (Å²) in [6, 6.07) is 7.79. The molecule has 0 amide bonds. The molecule has 4 fully saturated rings. The predicted molar refractivity (Wildman–Crippen MR) is 102 cm³/mol. The van der Waals surface area contributed by atoms with E-state index in [2.05, 4.69) is 20.4 Å². The molecular formula is C18H20Cl2N4O. The summed E-state index contributed by atoms with van der Waals surface area (Å²) < 4.78 is 0. The van der Waals surface area contributed by atoms with Gasteiger partial charge in [0.2, 0.25) is 0 Å². The van der Waals surface area contributed by atoms with E-state index >= 15 is 0 Å². The molecule has 1 spiro atoms. The molecule has 2 aromatic rings. The molecule has 0 radical (unpaired) electrons. The lowest BCUT2D eigenvalue weighted by molar-refractivity contribution is -0.150. The zero-order chi connectivity index (χ0) is 16.1. The summed E-state index contributed by atoms with van der Waals surface area (Å²) in [6.07, 6.45) is 5.11. The lowest BCUT2D eigenvalue weighted by Gasteiger charge is -2.49. The second-order valence-electron chi connectivity index (χ2n) is 7.09. The maximum absolute atomic E-state index is 6.04. The van der Waals surface area contributed by atoms with Gasteiger partial charge in [-0.3, -0.25) is 10.3 Å². The van der Waals surface area contributed by atoms with Crippen LogP contribution in [-0.2, 0) is 4.84 Å². The summed E-state index contributed by atoms with van der Waals surface area (Å²) in [7, 11) is 0. The zero-order valence-corrected chi connectivity index (χ0v) is 15.3. The highest BCUT2D eigenvalue weighted by Crippen LogP contribution is 2.42. The van der Waals surface area contributed by atoms with Crippen LogP contribution in [0, 0.1) is 5.92 Å². The molecule has 25 heavy (non-hydrogen) atoms. The molecule has 4 aliphatic heterocycles. The Morgan fingerprint density at radius 2 is 2.08 bits per heavy atom. The first-order chi connectivity index (χ1) is 11.7. The Bertz CT molecular complexity index is 835. The average molecular weight is 379 g/mol. The number of nitrogens with zero attached hydrogens (tertiary/aromatic N) is 3. The molecule has 0 saturated carbocycles. The number of piperidine rings is 3. The van der Waals surface area contributed by atoms with E-state index in [1.807, 2.05) is 30.5 Å². The molecule has 7 heteroatoms. The Morgan fingerprint density at radius 1 is 1.24 bits per heavy atom. The van der Waals surface area contributed by atoms with Crippen molar-refractivity contribution in [3.05, 3.63) is 35.5 Å². The molecule has 5 nitrogen and oxygen atoms in total. The standard InChI is InChI=1S/C18H19ClN4O.ClH/c19-15-2-1-12-8-16(20-10-13(12)7-15)21-17-9-18(24-22-17)11-23-5-3-14(18)4-6-23;/h1-2,7-8,10,14H,3-6,9,11H2,(H,20,21,22);1H/t18-;/m0./s1. The molecular weight excluding hydrogens is 359 g/mol. The first kappa shape index (κ1) is 17.0. The van der Waals surface area contributed by atoms with Gasteiger partial charge in [-0.05, 0) is 55.4 Å². The highest BCUT2D eigenvalue weighted by Gasteiger charge is 2.52. The normalized spacial score (nSPS) is 32.1. The van der Waals surface area contributed by atoms with E-state index in [9.17, 15) is 0 Å². The Labute approximate surface area is 157 Å². The quantitative estimate of drug-likeness (QED) is 0.821. The number of hydroxylamine groups is 1. The van der Waals surface area contributed by atoms with Gasteiger partial charge in [-0.15, -0.1) is 12.4 Å². The molecule has 4 aliphatic rings. The third-order valence-corrected chi connectivity index (χ3v) is 5.82. The van der Waals surface area contributed by atoms with Gasteiger partial charge in [-0.2, -0.15) is 0 Å². The van der Waals surface area contributed by atoms with E-state index in [0.29, 0.717) is 11.7 Å². The lowest BCUT2D eigenvalue weighted by Crippen LogP contribution is -2.59. The van der Waals surface area contributed by atoms with Crippen molar-refractivity contribution in [2.45, 2.75) is 24.9 Å². The third-order valence-electron chi connectivity index (χ3n) is 5.58. The first-order valence-corrected chi connectivity index (χ1v) is 8.87. The van der Waals surface area contributed by atoms with Gasteiger partial charge in [0.05, 0.1) is 0 Å². The van der Waals surface area contributed by atoms with Gasteiger partial charge in [0.1, 0.15) is 11.4 Å². The van der Waals surface area contributed by atoms with Crippen molar-refractivity contribution in [2.24, 2.45) is 10.9 Å². The van der Waals surface area contributed by atoms with E-state index in [1.165, 1.54) is 25.9 Å². The number of aromatic nitrogens is 1. The second-order valence-corrected chi connectivity index (χ2v) is 7.53. The average Bonchev–Trinajstić information content (AvgIpc) is 2.98. The van der Waals surface area contributed by atoms with Crippen LogP contribution in [0.4, 0.5) is 5.82 Å². The maximum atomic E-state index is 6.04. The van der Waals surface area contributed by atoms with Crippen LogP contribution in [0.5, 0.6) is 0 Å². The van der Waals surface area contributed by atoms with E-state index < -0.39 is 0 Å². The van der Waals surface area contributed by atoms with Crippen LogP contribution < -0.4 is 5.48 Å².